The summed E-state index contributed by atoms with van der Waals surface area (Å²) < 4.78 is 38.3. The van der Waals surface area contributed by atoms with Crippen LogP contribution >= 0.6 is 0 Å². The number of rotatable bonds is 12. The average molecular weight is 565 g/mol. The molecule has 0 aliphatic rings. The van der Waals surface area contributed by atoms with E-state index in [1.54, 1.807) is 24.3 Å². The Morgan fingerprint density at radius 3 is 2.40 bits per heavy atom. The van der Waals surface area contributed by atoms with E-state index < -0.39 is 34.0 Å². The average Bonchev–Trinajstić information content (AvgIpc) is 2.96. The molecule has 3 aromatic carbocycles. The minimum atomic E-state index is -4.21. The molecule has 12 heteroatoms. The Kier molecular flexibility index (Phi) is 10.8. The second kappa shape index (κ2) is 14.4. The van der Waals surface area contributed by atoms with Gasteiger partial charge in [0.25, 0.3) is 0 Å². The van der Waals surface area contributed by atoms with Crippen molar-refractivity contribution in [2.45, 2.75) is 30.4 Å². The molecule has 0 radical (unpaired) electrons. The predicted octanol–water partition coefficient (Wildman–Crippen LogP) is 2.88. The van der Waals surface area contributed by atoms with Crippen LogP contribution in [0.2, 0.25) is 0 Å². The molecule has 3 N–H and O–H groups in total. The number of nitrogens with one attached hydrogen (secondary N) is 3. The molecule has 0 fully saturated rings. The Morgan fingerprint density at radius 1 is 0.950 bits per heavy atom. The topological polar surface area (TPSA) is 164 Å². The van der Waals surface area contributed by atoms with Crippen LogP contribution in [0.5, 0.6) is 0 Å². The van der Waals surface area contributed by atoms with E-state index in [0.29, 0.717) is 11.1 Å². The Labute approximate surface area is 232 Å². The maximum Gasteiger partial charge on any atom is 0.407 e. The van der Waals surface area contributed by atoms with E-state index >= 15 is 0 Å². The van der Waals surface area contributed by atoms with Crippen molar-refractivity contribution in [1.82, 2.24) is 10.0 Å². The van der Waals surface area contributed by atoms with Crippen LogP contribution in [0.1, 0.15) is 23.1 Å². The van der Waals surface area contributed by atoms with Crippen molar-refractivity contribution in [3.8, 4) is 6.07 Å². The summed E-state index contributed by atoms with van der Waals surface area (Å²) in [4.78, 5) is 36.3. The third-order valence-corrected chi connectivity index (χ3v) is 7.01. The summed E-state index contributed by atoms with van der Waals surface area (Å²) in [5.74, 6) is -1.26. The highest BCUT2D eigenvalue weighted by Crippen LogP contribution is 2.17. The SMILES string of the molecule is COC(=O)[C@H](Cc1cccc(C#N)c1)NS(=O)(=O)c1cccc(NC(=O)CCNC(=O)OCc2ccccc2)c1. The van der Waals surface area contributed by atoms with Crippen LogP contribution in [0.3, 0.4) is 0 Å². The number of hydrogen-bond donors (Lipinski definition) is 3. The lowest BCUT2D eigenvalue weighted by molar-refractivity contribution is -0.142. The van der Waals surface area contributed by atoms with E-state index in [1.165, 1.54) is 24.3 Å². The molecule has 3 rings (SSSR count). The number of carbonyl (C=O) groups is 3. The van der Waals surface area contributed by atoms with E-state index in [0.717, 1.165) is 12.7 Å². The number of carbonyl (C=O) groups excluding carboxylic acids is 3. The van der Waals surface area contributed by atoms with Gasteiger partial charge in [0.2, 0.25) is 15.9 Å². The smallest absolute Gasteiger partial charge is 0.407 e. The number of nitriles is 1. The molecule has 1 atom stereocenters. The predicted molar refractivity (Wildman–Crippen MR) is 145 cm³/mol. The standard InChI is InChI=1S/C28H28N4O7S/c1-38-27(34)25(16-21-9-5-10-22(15-21)18-29)32-40(36,37)24-12-6-11-23(17-24)31-26(33)13-14-30-28(35)39-19-20-7-3-2-4-8-20/h2-12,15,17,25,32H,13-14,16,19H2,1H3,(H,30,35)(H,31,33)/t25-/m0/s1. The molecule has 0 aliphatic heterocycles. The normalized spacial score (nSPS) is 11.5. The van der Waals surface area contributed by atoms with Crippen LogP contribution in [-0.2, 0) is 42.1 Å². The summed E-state index contributed by atoms with van der Waals surface area (Å²) >= 11 is 0. The van der Waals surface area contributed by atoms with Crippen LogP contribution in [0, 0.1) is 11.3 Å². The summed E-state index contributed by atoms with van der Waals surface area (Å²) in [5, 5.41) is 14.2. The molecule has 0 saturated heterocycles. The number of nitrogens with zero attached hydrogens (tertiary/aromatic N) is 1. The molecule has 0 saturated carbocycles. The minimum absolute atomic E-state index is 0.00676. The van der Waals surface area contributed by atoms with E-state index in [1.807, 2.05) is 36.4 Å². The third-order valence-electron chi connectivity index (χ3n) is 5.54. The molecule has 0 unspecified atom stereocenters. The van der Waals surface area contributed by atoms with E-state index in [2.05, 4.69) is 15.4 Å². The summed E-state index contributed by atoms with van der Waals surface area (Å²) in [5.41, 5.74) is 1.96. The Morgan fingerprint density at radius 2 is 1.68 bits per heavy atom. The first-order chi connectivity index (χ1) is 19.2. The molecule has 0 bridgehead atoms. The fourth-order valence-corrected chi connectivity index (χ4v) is 4.82. The monoisotopic (exact) mass is 564 g/mol. The van der Waals surface area contributed by atoms with Crippen molar-refractivity contribution in [2.75, 3.05) is 19.0 Å². The van der Waals surface area contributed by atoms with Crippen LogP contribution in [0.4, 0.5) is 10.5 Å². The Balaban J connectivity index is 1.56. The summed E-state index contributed by atoms with van der Waals surface area (Å²) in [6, 6.07) is 21.8. The van der Waals surface area contributed by atoms with Gasteiger partial charge in [-0.25, -0.2) is 13.2 Å². The Hall–Kier alpha value is -4.73. The molecule has 208 valence electrons. The van der Waals surface area contributed by atoms with Gasteiger partial charge >= 0.3 is 12.1 Å². The first-order valence-electron chi connectivity index (χ1n) is 12.1. The molecular weight excluding hydrogens is 536 g/mol. The molecular formula is C28H28N4O7S. The van der Waals surface area contributed by atoms with Gasteiger partial charge in [0.1, 0.15) is 12.6 Å². The van der Waals surface area contributed by atoms with E-state index in [4.69, 9.17) is 14.7 Å². The second-order valence-electron chi connectivity index (χ2n) is 8.53. The van der Waals surface area contributed by atoms with Crippen molar-refractivity contribution in [2.24, 2.45) is 0 Å². The highest BCUT2D eigenvalue weighted by atomic mass is 32.2. The maximum atomic E-state index is 13.1. The third kappa shape index (κ3) is 9.23. The quantitative estimate of drug-likeness (QED) is 0.283. The molecule has 0 aliphatic carbocycles. The summed E-state index contributed by atoms with van der Waals surface area (Å²) in [6.45, 7) is 0.101. The summed E-state index contributed by atoms with van der Waals surface area (Å²) in [6.07, 6.45) is -0.796. The highest BCUT2D eigenvalue weighted by molar-refractivity contribution is 7.89. The van der Waals surface area contributed by atoms with Crippen molar-refractivity contribution >= 4 is 33.7 Å². The lowest BCUT2D eigenvalue weighted by Gasteiger charge is -2.17. The lowest BCUT2D eigenvalue weighted by atomic mass is 10.0. The fourth-order valence-electron chi connectivity index (χ4n) is 3.59. The van der Waals surface area contributed by atoms with Crippen LogP contribution in [0.15, 0.2) is 83.8 Å². The molecule has 40 heavy (non-hydrogen) atoms. The number of hydrogen-bond acceptors (Lipinski definition) is 8. The number of amides is 2. The number of alkyl carbamates (subject to hydrolysis) is 1. The van der Waals surface area contributed by atoms with Gasteiger partial charge in [-0.1, -0.05) is 48.5 Å². The van der Waals surface area contributed by atoms with Crippen LogP contribution in [0.25, 0.3) is 0 Å². The number of esters is 1. The first kappa shape index (κ1) is 29.8. The fraction of sp³-hybridized carbons (Fsp3) is 0.214. The van der Waals surface area contributed by atoms with Gasteiger partial charge in [-0.15, -0.1) is 0 Å². The van der Waals surface area contributed by atoms with Crippen LogP contribution < -0.4 is 15.4 Å². The second-order valence-corrected chi connectivity index (χ2v) is 10.2. The zero-order valence-corrected chi connectivity index (χ0v) is 22.4. The summed E-state index contributed by atoms with van der Waals surface area (Å²) in [7, 11) is -3.06. The highest BCUT2D eigenvalue weighted by Gasteiger charge is 2.27. The van der Waals surface area contributed by atoms with Crippen molar-refractivity contribution in [1.29, 1.82) is 5.26 Å². The molecule has 0 spiro atoms. The van der Waals surface area contributed by atoms with Crippen molar-refractivity contribution in [3.63, 3.8) is 0 Å². The molecule has 3 aromatic rings. The maximum absolute atomic E-state index is 13.1. The van der Waals surface area contributed by atoms with E-state index in [-0.39, 0.29) is 36.6 Å². The lowest BCUT2D eigenvalue weighted by Crippen LogP contribution is -2.43. The number of anilines is 1. The number of ether oxygens (including phenoxy) is 2. The zero-order valence-electron chi connectivity index (χ0n) is 21.6. The van der Waals surface area contributed by atoms with Gasteiger partial charge in [-0.2, -0.15) is 9.98 Å². The zero-order chi connectivity index (χ0) is 29.0. The number of methoxy groups -OCH3 is 1. The molecule has 2 amide bonds. The van der Waals surface area contributed by atoms with Crippen LogP contribution in [-0.4, -0.2) is 46.1 Å². The van der Waals surface area contributed by atoms with Crippen molar-refractivity contribution < 1.29 is 32.3 Å². The van der Waals surface area contributed by atoms with E-state index in [9.17, 15) is 22.8 Å². The minimum Gasteiger partial charge on any atom is -0.468 e. The van der Waals surface area contributed by atoms with Gasteiger partial charge in [0.05, 0.1) is 23.6 Å². The first-order valence-corrected chi connectivity index (χ1v) is 13.6. The molecule has 0 heterocycles. The Bertz CT molecular complexity index is 1490. The number of benzene rings is 3. The van der Waals surface area contributed by atoms with Crippen molar-refractivity contribution in [3.05, 3.63) is 95.6 Å². The van der Waals surface area contributed by atoms with Gasteiger partial charge in [0.15, 0.2) is 0 Å². The van der Waals surface area contributed by atoms with Gasteiger partial charge in [-0.05, 0) is 47.9 Å². The number of sulfonamides is 1. The van der Waals surface area contributed by atoms with Gasteiger partial charge in [-0.3, -0.25) is 9.59 Å². The van der Waals surface area contributed by atoms with Gasteiger partial charge < -0.3 is 20.1 Å². The van der Waals surface area contributed by atoms with Gasteiger partial charge in [0, 0.05) is 18.7 Å². The molecule has 11 nitrogen and oxygen atoms in total. The molecule has 0 aromatic heterocycles. The largest absolute Gasteiger partial charge is 0.468 e.